The Morgan fingerprint density at radius 1 is 0.972 bits per heavy atom. The summed E-state index contributed by atoms with van der Waals surface area (Å²) in [5.74, 6) is -0.572. The van der Waals surface area contributed by atoms with Gasteiger partial charge < -0.3 is 14.7 Å². The summed E-state index contributed by atoms with van der Waals surface area (Å²) in [5.41, 5.74) is 4.80. The number of aliphatic hydroxyl groups is 1. The first kappa shape index (κ1) is 25.0. The number of aryl methyl sites for hydroxylation is 1. The molecule has 36 heavy (non-hydrogen) atoms. The number of carbonyl (C=O) groups is 2. The number of anilines is 2. The molecule has 4 rings (SSSR count). The Labute approximate surface area is 212 Å². The second-order valence-electron chi connectivity index (χ2n) is 9.59. The van der Waals surface area contributed by atoms with Crippen molar-refractivity contribution in [1.29, 1.82) is 0 Å². The summed E-state index contributed by atoms with van der Waals surface area (Å²) in [7, 11) is 5.46. The third kappa shape index (κ3) is 4.47. The average molecular weight is 485 g/mol. The van der Waals surface area contributed by atoms with Crippen LogP contribution in [0.15, 0.2) is 72.3 Å². The molecule has 1 aliphatic heterocycles. The van der Waals surface area contributed by atoms with Crippen molar-refractivity contribution in [2.75, 3.05) is 31.0 Å². The van der Waals surface area contributed by atoms with Gasteiger partial charge in [0.1, 0.15) is 11.5 Å². The van der Waals surface area contributed by atoms with Gasteiger partial charge in [0.05, 0.1) is 18.7 Å². The number of methoxy groups -OCH3 is 1. The molecule has 0 bridgehead atoms. The summed E-state index contributed by atoms with van der Waals surface area (Å²) in [6.45, 7) is 6.08. The fourth-order valence-corrected chi connectivity index (χ4v) is 4.57. The molecule has 0 spiro atoms. The van der Waals surface area contributed by atoms with Gasteiger partial charge in [-0.2, -0.15) is 0 Å². The number of carbonyl (C=O) groups excluding carboxylic acids is 2. The average Bonchev–Trinajstić information content (AvgIpc) is 3.13. The minimum atomic E-state index is -0.765. The number of hydrogen-bond donors (Lipinski definition) is 1. The quantitative estimate of drug-likeness (QED) is 0.271. The molecule has 6 heteroatoms. The number of Topliss-reactive ketones (excluding diaryl/α,β-unsaturated/α-hetero) is 1. The molecule has 0 aliphatic carbocycles. The molecule has 0 radical (unpaired) electrons. The Morgan fingerprint density at radius 2 is 1.61 bits per heavy atom. The molecule has 186 valence electrons. The van der Waals surface area contributed by atoms with Crippen LogP contribution in [0.2, 0.25) is 0 Å². The summed E-state index contributed by atoms with van der Waals surface area (Å²) in [6, 6.07) is 19.8. The van der Waals surface area contributed by atoms with Gasteiger partial charge in [-0.25, -0.2) is 0 Å². The second-order valence-corrected chi connectivity index (χ2v) is 9.59. The molecule has 3 aromatic carbocycles. The van der Waals surface area contributed by atoms with Crippen molar-refractivity contribution in [2.45, 2.75) is 32.7 Å². The normalized spacial score (nSPS) is 17.1. The van der Waals surface area contributed by atoms with Gasteiger partial charge in [0.2, 0.25) is 0 Å². The fourth-order valence-electron chi connectivity index (χ4n) is 4.57. The van der Waals surface area contributed by atoms with Gasteiger partial charge in [0.15, 0.2) is 0 Å². The largest absolute Gasteiger partial charge is 0.507 e. The topological polar surface area (TPSA) is 70.1 Å². The lowest BCUT2D eigenvalue weighted by Crippen LogP contribution is -2.29. The highest BCUT2D eigenvalue weighted by Crippen LogP contribution is 2.43. The van der Waals surface area contributed by atoms with Gasteiger partial charge >= 0.3 is 0 Å². The molecule has 0 saturated carbocycles. The third-order valence-corrected chi connectivity index (χ3v) is 6.68. The first-order valence-electron chi connectivity index (χ1n) is 12.0. The van der Waals surface area contributed by atoms with Gasteiger partial charge in [-0.15, -0.1) is 0 Å². The molecule has 1 atom stereocenters. The van der Waals surface area contributed by atoms with Crippen LogP contribution in [0.3, 0.4) is 0 Å². The van der Waals surface area contributed by atoms with E-state index in [1.165, 1.54) is 4.90 Å². The van der Waals surface area contributed by atoms with E-state index in [4.69, 9.17) is 4.74 Å². The van der Waals surface area contributed by atoms with E-state index in [9.17, 15) is 14.7 Å². The molecule has 1 amide bonds. The zero-order chi connectivity index (χ0) is 26.1. The minimum absolute atomic E-state index is 0.0681. The van der Waals surface area contributed by atoms with Gasteiger partial charge in [-0.1, -0.05) is 38.1 Å². The lowest BCUT2D eigenvalue weighted by molar-refractivity contribution is -0.132. The number of ether oxygens (including phenoxy) is 1. The lowest BCUT2D eigenvalue weighted by atomic mass is 9.92. The van der Waals surface area contributed by atoms with Crippen molar-refractivity contribution >= 4 is 28.8 Å². The van der Waals surface area contributed by atoms with Gasteiger partial charge in [-0.3, -0.25) is 14.5 Å². The SMILES string of the molecule is COc1ccc(/C(O)=C2/C(=O)C(=O)N(c3ccc(N(C)C)cc3)C2c2ccc(C(C)C)cc2)cc1C. The molecule has 1 unspecified atom stereocenters. The molecule has 1 heterocycles. The molecule has 1 saturated heterocycles. The molecule has 6 nitrogen and oxygen atoms in total. The van der Waals surface area contributed by atoms with Crippen molar-refractivity contribution < 1.29 is 19.4 Å². The van der Waals surface area contributed by atoms with Crippen molar-refractivity contribution in [2.24, 2.45) is 0 Å². The van der Waals surface area contributed by atoms with E-state index in [0.29, 0.717) is 22.9 Å². The van der Waals surface area contributed by atoms with Crippen molar-refractivity contribution in [3.8, 4) is 5.75 Å². The van der Waals surface area contributed by atoms with Gasteiger partial charge in [0.25, 0.3) is 11.7 Å². The molecular weight excluding hydrogens is 452 g/mol. The Hall–Kier alpha value is -4.06. The molecule has 0 aromatic heterocycles. The standard InChI is InChI=1S/C30H32N2O4/c1-18(2)20-7-9-21(10-8-20)27-26(28(33)22-11-16-25(36-6)19(3)17-22)29(34)30(35)32(27)24-14-12-23(13-15-24)31(4)5/h7-18,27,33H,1-6H3/b28-26-. The van der Waals surface area contributed by atoms with Crippen LogP contribution >= 0.6 is 0 Å². The van der Waals surface area contributed by atoms with Gasteiger partial charge in [-0.05, 0) is 72.0 Å². The van der Waals surface area contributed by atoms with E-state index in [-0.39, 0.29) is 11.3 Å². The summed E-state index contributed by atoms with van der Waals surface area (Å²) in [4.78, 5) is 30.2. The van der Waals surface area contributed by atoms with Crippen molar-refractivity contribution in [3.63, 3.8) is 0 Å². The number of ketones is 1. The highest BCUT2D eigenvalue weighted by atomic mass is 16.5. The number of nitrogens with zero attached hydrogens (tertiary/aromatic N) is 2. The Kier molecular flexibility index (Phi) is 6.88. The summed E-state index contributed by atoms with van der Waals surface area (Å²) in [5, 5.41) is 11.4. The number of amides is 1. The maximum Gasteiger partial charge on any atom is 0.300 e. The van der Waals surface area contributed by atoms with Gasteiger partial charge in [0, 0.05) is 31.0 Å². The molecule has 1 fully saturated rings. The summed E-state index contributed by atoms with van der Waals surface area (Å²) >= 11 is 0. The van der Waals surface area contributed by atoms with Crippen LogP contribution in [-0.2, 0) is 9.59 Å². The van der Waals surface area contributed by atoms with Crippen LogP contribution < -0.4 is 14.5 Å². The van der Waals surface area contributed by atoms with E-state index < -0.39 is 17.7 Å². The highest BCUT2D eigenvalue weighted by Gasteiger charge is 2.47. The third-order valence-electron chi connectivity index (χ3n) is 6.68. The number of benzene rings is 3. The number of rotatable bonds is 6. The molecule has 1 aliphatic rings. The molecular formula is C30H32N2O4. The van der Waals surface area contributed by atoms with Crippen LogP contribution in [0.4, 0.5) is 11.4 Å². The fraction of sp³-hybridized carbons (Fsp3) is 0.267. The predicted molar refractivity (Wildman–Crippen MR) is 144 cm³/mol. The van der Waals surface area contributed by atoms with Crippen LogP contribution in [0.5, 0.6) is 5.75 Å². The Balaban J connectivity index is 1.90. The highest BCUT2D eigenvalue weighted by molar-refractivity contribution is 6.51. The smallest absolute Gasteiger partial charge is 0.300 e. The van der Waals surface area contributed by atoms with Crippen molar-refractivity contribution in [1.82, 2.24) is 0 Å². The Bertz CT molecular complexity index is 1320. The van der Waals surface area contributed by atoms with Crippen LogP contribution in [0, 0.1) is 6.92 Å². The van der Waals surface area contributed by atoms with E-state index in [0.717, 1.165) is 22.4 Å². The maximum atomic E-state index is 13.4. The Morgan fingerprint density at radius 3 is 2.14 bits per heavy atom. The lowest BCUT2D eigenvalue weighted by Gasteiger charge is -2.26. The monoisotopic (exact) mass is 484 g/mol. The predicted octanol–water partition coefficient (Wildman–Crippen LogP) is 5.82. The second kappa shape index (κ2) is 9.90. The number of hydrogen-bond acceptors (Lipinski definition) is 5. The first-order chi connectivity index (χ1) is 17.1. The minimum Gasteiger partial charge on any atom is -0.507 e. The molecule has 1 N–H and O–H groups in total. The number of aliphatic hydroxyl groups excluding tert-OH is 1. The summed E-state index contributed by atoms with van der Waals surface area (Å²) < 4.78 is 5.34. The van der Waals surface area contributed by atoms with E-state index in [1.807, 2.05) is 74.4 Å². The zero-order valence-electron chi connectivity index (χ0n) is 21.6. The summed E-state index contributed by atoms with van der Waals surface area (Å²) in [6.07, 6.45) is 0. The van der Waals surface area contributed by atoms with Crippen LogP contribution in [0.1, 0.15) is 48.1 Å². The van der Waals surface area contributed by atoms with Crippen LogP contribution in [-0.4, -0.2) is 38.0 Å². The van der Waals surface area contributed by atoms with Crippen LogP contribution in [0.25, 0.3) is 5.76 Å². The zero-order valence-corrected chi connectivity index (χ0v) is 21.6. The first-order valence-corrected chi connectivity index (χ1v) is 12.0. The van der Waals surface area contributed by atoms with E-state index >= 15 is 0 Å². The maximum absolute atomic E-state index is 13.4. The van der Waals surface area contributed by atoms with E-state index in [1.54, 1.807) is 25.3 Å². The molecule has 3 aromatic rings. The van der Waals surface area contributed by atoms with Crippen molar-refractivity contribution in [3.05, 3.63) is 94.6 Å². The van der Waals surface area contributed by atoms with E-state index in [2.05, 4.69) is 13.8 Å².